The Morgan fingerprint density at radius 2 is 2.50 bits per heavy atom. The second-order valence-corrected chi connectivity index (χ2v) is 4.96. The number of nitrogens with zero attached hydrogens (tertiary/aromatic N) is 2. The molecule has 2 atom stereocenters. The van der Waals surface area contributed by atoms with Crippen molar-refractivity contribution in [2.24, 2.45) is 5.92 Å². The molecule has 0 aliphatic heterocycles. The molecule has 0 radical (unpaired) electrons. The van der Waals surface area contributed by atoms with Crippen LogP contribution in [0.15, 0.2) is 11.6 Å². The van der Waals surface area contributed by atoms with Gasteiger partial charge in [0.15, 0.2) is 0 Å². The minimum Gasteiger partial charge on any atom is -0.248 e. The second-order valence-electron chi connectivity index (χ2n) is 4.07. The summed E-state index contributed by atoms with van der Waals surface area (Å²) in [7, 11) is 0. The summed E-state index contributed by atoms with van der Waals surface area (Å²) in [5.74, 6) is 0.451. The van der Waals surface area contributed by atoms with Crippen LogP contribution in [0.4, 0.5) is 0 Å². The second kappa shape index (κ2) is 3.70. The maximum atomic E-state index is 9.40. The van der Waals surface area contributed by atoms with Gasteiger partial charge in [0.1, 0.15) is 10.4 Å². The maximum absolute atomic E-state index is 9.40. The Kier molecular flexibility index (Phi) is 2.56. The third-order valence-corrected chi connectivity index (χ3v) is 4.26. The van der Waals surface area contributed by atoms with Gasteiger partial charge in [0.2, 0.25) is 0 Å². The number of thiazole rings is 1. The number of aromatic nitrogens is 1. The predicted octanol–water partition coefficient (Wildman–Crippen LogP) is 3.11. The number of nitriles is 1. The van der Waals surface area contributed by atoms with E-state index in [-0.39, 0.29) is 5.41 Å². The molecule has 2 rings (SSSR count). The van der Waals surface area contributed by atoms with Crippen molar-refractivity contribution in [2.75, 3.05) is 0 Å². The molecule has 14 heavy (non-hydrogen) atoms. The van der Waals surface area contributed by atoms with Gasteiger partial charge in [-0.2, -0.15) is 5.26 Å². The van der Waals surface area contributed by atoms with E-state index in [0.717, 1.165) is 24.3 Å². The molecule has 0 aromatic carbocycles. The fourth-order valence-corrected chi connectivity index (χ4v) is 3.25. The molecular formula is C11H14N2S. The van der Waals surface area contributed by atoms with Gasteiger partial charge in [-0.05, 0) is 18.8 Å². The zero-order valence-electron chi connectivity index (χ0n) is 8.36. The molecule has 1 aliphatic carbocycles. The van der Waals surface area contributed by atoms with Gasteiger partial charge in [0.25, 0.3) is 0 Å². The Morgan fingerprint density at radius 3 is 3.07 bits per heavy atom. The number of hydrogen-bond donors (Lipinski definition) is 0. The molecule has 74 valence electrons. The van der Waals surface area contributed by atoms with Gasteiger partial charge in [-0.1, -0.05) is 19.8 Å². The largest absolute Gasteiger partial charge is 0.248 e. The summed E-state index contributed by atoms with van der Waals surface area (Å²) in [6, 6.07) is 2.52. The molecule has 1 fully saturated rings. The van der Waals surface area contributed by atoms with E-state index >= 15 is 0 Å². The molecule has 1 aromatic heterocycles. The summed E-state index contributed by atoms with van der Waals surface area (Å²) in [6.07, 6.45) is 6.37. The highest BCUT2D eigenvalue weighted by Gasteiger charge is 2.42. The molecule has 3 heteroatoms. The lowest BCUT2D eigenvalue weighted by Gasteiger charge is -2.35. The highest BCUT2D eigenvalue weighted by molar-refractivity contribution is 7.09. The first-order valence-corrected chi connectivity index (χ1v) is 5.99. The van der Waals surface area contributed by atoms with E-state index < -0.39 is 0 Å². The average molecular weight is 206 g/mol. The first-order valence-electron chi connectivity index (χ1n) is 5.11. The monoisotopic (exact) mass is 206 g/mol. The van der Waals surface area contributed by atoms with Gasteiger partial charge in [0.05, 0.1) is 6.07 Å². The molecule has 1 heterocycles. The van der Waals surface area contributed by atoms with Crippen LogP contribution >= 0.6 is 11.3 Å². The van der Waals surface area contributed by atoms with Gasteiger partial charge < -0.3 is 0 Å². The van der Waals surface area contributed by atoms with E-state index in [1.54, 1.807) is 17.5 Å². The van der Waals surface area contributed by atoms with Crippen molar-refractivity contribution in [3.8, 4) is 6.07 Å². The lowest BCUT2D eigenvalue weighted by molar-refractivity contribution is 0.260. The van der Waals surface area contributed by atoms with Crippen LogP contribution < -0.4 is 0 Å². The van der Waals surface area contributed by atoms with Crippen molar-refractivity contribution in [3.05, 3.63) is 16.6 Å². The van der Waals surface area contributed by atoms with Crippen LogP contribution in [0.3, 0.4) is 0 Å². The number of rotatable bonds is 1. The average Bonchev–Trinajstić information content (AvgIpc) is 2.72. The Hall–Kier alpha value is -0.880. The Labute approximate surface area is 88.6 Å². The summed E-state index contributed by atoms with van der Waals surface area (Å²) < 4.78 is 0. The Bertz CT molecular complexity index is 339. The molecule has 2 unspecified atom stereocenters. The van der Waals surface area contributed by atoms with Crippen LogP contribution in [-0.2, 0) is 5.41 Å². The summed E-state index contributed by atoms with van der Waals surface area (Å²) in [4.78, 5) is 4.33. The smallest absolute Gasteiger partial charge is 0.113 e. The highest BCUT2D eigenvalue weighted by atomic mass is 32.1. The highest BCUT2D eigenvalue weighted by Crippen LogP contribution is 2.43. The van der Waals surface area contributed by atoms with E-state index in [9.17, 15) is 5.26 Å². The Balaban J connectivity index is 2.38. The summed E-state index contributed by atoms with van der Waals surface area (Å²) in [5, 5.41) is 12.4. The van der Waals surface area contributed by atoms with E-state index in [1.165, 1.54) is 6.42 Å². The van der Waals surface area contributed by atoms with Gasteiger partial charge in [-0.25, -0.2) is 4.98 Å². The minimum atomic E-state index is -0.285. The molecule has 1 aliphatic rings. The van der Waals surface area contributed by atoms with Gasteiger partial charge in [-0.3, -0.25) is 0 Å². The Morgan fingerprint density at radius 1 is 1.64 bits per heavy atom. The van der Waals surface area contributed by atoms with Crippen LogP contribution in [0.1, 0.15) is 37.6 Å². The molecule has 0 bridgehead atoms. The minimum absolute atomic E-state index is 0.285. The zero-order valence-corrected chi connectivity index (χ0v) is 9.18. The van der Waals surface area contributed by atoms with Crippen molar-refractivity contribution in [3.63, 3.8) is 0 Å². The molecule has 1 aromatic rings. The van der Waals surface area contributed by atoms with Crippen LogP contribution in [0.5, 0.6) is 0 Å². The van der Waals surface area contributed by atoms with E-state index in [1.807, 2.05) is 5.38 Å². The summed E-state index contributed by atoms with van der Waals surface area (Å²) in [5.41, 5.74) is -0.285. The van der Waals surface area contributed by atoms with Gasteiger partial charge in [-0.15, -0.1) is 11.3 Å². The third kappa shape index (κ3) is 1.34. The normalized spacial score (nSPS) is 32.4. The molecule has 0 amide bonds. The SMILES string of the molecule is CC1CCCCC1(C#N)c1nccs1. The maximum Gasteiger partial charge on any atom is 0.113 e. The quantitative estimate of drug-likeness (QED) is 0.708. The lowest BCUT2D eigenvalue weighted by atomic mass is 9.68. The zero-order chi connectivity index (χ0) is 10.0. The van der Waals surface area contributed by atoms with Crippen molar-refractivity contribution in [2.45, 2.75) is 38.0 Å². The predicted molar refractivity (Wildman–Crippen MR) is 57.0 cm³/mol. The number of hydrogen-bond acceptors (Lipinski definition) is 3. The molecule has 2 nitrogen and oxygen atoms in total. The topological polar surface area (TPSA) is 36.7 Å². The van der Waals surface area contributed by atoms with E-state index in [0.29, 0.717) is 5.92 Å². The molecule has 1 saturated carbocycles. The van der Waals surface area contributed by atoms with Gasteiger partial charge in [0, 0.05) is 11.6 Å². The van der Waals surface area contributed by atoms with Crippen molar-refractivity contribution >= 4 is 11.3 Å². The van der Waals surface area contributed by atoms with Crippen LogP contribution in [0.25, 0.3) is 0 Å². The molecule has 0 saturated heterocycles. The summed E-state index contributed by atoms with van der Waals surface area (Å²) in [6.45, 7) is 2.18. The van der Waals surface area contributed by atoms with E-state index in [4.69, 9.17) is 0 Å². The van der Waals surface area contributed by atoms with Crippen LogP contribution in [0, 0.1) is 17.2 Å². The first kappa shape index (κ1) is 9.67. The first-order chi connectivity index (χ1) is 6.79. The van der Waals surface area contributed by atoms with Crippen LogP contribution in [0.2, 0.25) is 0 Å². The van der Waals surface area contributed by atoms with Crippen LogP contribution in [-0.4, -0.2) is 4.98 Å². The third-order valence-electron chi connectivity index (χ3n) is 3.31. The van der Waals surface area contributed by atoms with Gasteiger partial charge >= 0.3 is 0 Å². The fourth-order valence-electron chi connectivity index (χ4n) is 2.32. The molecular weight excluding hydrogens is 192 g/mol. The fraction of sp³-hybridized carbons (Fsp3) is 0.636. The van der Waals surface area contributed by atoms with Crippen molar-refractivity contribution < 1.29 is 0 Å². The lowest BCUT2D eigenvalue weighted by Crippen LogP contribution is -2.34. The van der Waals surface area contributed by atoms with Crippen molar-refractivity contribution in [1.29, 1.82) is 5.26 Å². The van der Waals surface area contributed by atoms with Crippen molar-refractivity contribution in [1.82, 2.24) is 4.98 Å². The van der Waals surface area contributed by atoms with E-state index in [2.05, 4.69) is 18.0 Å². The molecule has 0 N–H and O–H groups in total. The standard InChI is InChI=1S/C11H14N2S/c1-9-4-2-3-5-11(9,8-12)10-13-6-7-14-10/h6-7,9H,2-5H2,1H3. The molecule has 0 spiro atoms. The summed E-state index contributed by atoms with van der Waals surface area (Å²) >= 11 is 1.62.